The highest BCUT2D eigenvalue weighted by molar-refractivity contribution is 6.33. The van der Waals surface area contributed by atoms with Gasteiger partial charge in [0.1, 0.15) is 5.69 Å². The van der Waals surface area contributed by atoms with Crippen molar-refractivity contribution in [3.63, 3.8) is 0 Å². The van der Waals surface area contributed by atoms with Gasteiger partial charge in [0.25, 0.3) is 5.91 Å². The maximum absolute atomic E-state index is 12.7. The molecule has 1 aromatic carbocycles. The van der Waals surface area contributed by atoms with E-state index >= 15 is 0 Å². The van der Waals surface area contributed by atoms with Gasteiger partial charge in [-0.3, -0.25) is 9.18 Å². The van der Waals surface area contributed by atoms with Gasteiger partial charge in [-0.2, -0.15) is 0 Å². The number of nitrogens with one attached hydrogen (secondary N) is 2. The predicted molar refractivity (Wildman–Crippen MR) is 118 cm³/mol. The number of para-hydroxylation sites is 1. The van der Waals surface area contributed by atoms with Crippen LogP contribution in [0.1, 0.15) is 30.8 Å². The van der Waals surface area contributed by atoms with Gasteiger partial charge in [-0.15, -0.1) is 5.10 Å². The van der Waals surface area contributed by atoms with Crippen molar-refractivity contribution in [1.29, 1.82) is 0 Å². The van der Waals surface area contributed by atoms with Gasteiger partial charge in [-0.05, 0) is 30.7 Å². The second-order valence-corrected chi connectivity index (χ2v) is 7.10. The number of amides is 1. The highest BCUT2D eigenvalue weighted by atomic mass is 35.5. The van der Waals surface area contributed by atoms with E-state index in [1.165, 1.54) is 0 Å². The van der Waals surface area contributed by atoms with Crippen LogP contribution in [0.2, 0.25) is 5.02 Å². The summed E-state index contributed by atoms with van der Waals surface area (Å²) in [5, 5.41) is 11.4. The molecule has 1 unspecified atom stereocenters. The lowest BCUT2D eigenvalue weighted by atomic mass is 10.2. The van der Waals surface area contributed by atoms with Gasteiger partial charge in [0.2, 0.25) is 5.95 Å². The first-order valence-electron chi connectivity index (χ1n) is 9.97. The van der Waals surface area contributed by atoms with E-state index < -0.39 is 0 Å². The van der Waals surface area contributed by atoms with Crippen molar-refractivity contribution in [2.45, 2.75) is 32.4 Å². The lowest BCUT2D eigenvalue weighted by Crippen LogP contribution is -2.44. The molecule has 2 N–H and O–H groups in total. The summed E-state index contributed by atoms with van der Waals surface area (Å²) >= 11 is 6.14. The minimum absolute atomic E-state index is 0.257. The summed E-state index contributed by atoms with van der Waals surface area (Å²) in [7, 11) is 0.500. The van der Waals surface area contributed by atoms with Crippen LogP contribution in [-0.2, 0) is 0 Å². The minimum atomic E-state index is -0.257. The third-order valence-electron chi connectivity index (χ3n) is 5.05. The Kier molecular flexibility index (Phi) is 7.23. The monoisotopic (exact) mass is 432 g/mol. The van der Waals surface area contributed by atoms with E-state index in [-0.39, 0.29) is 5.91 Å². The lowest BCUT2D eigenvalue weighted by molar-refractivity contribution is 0.102. The number of alkyl halides is 1. The number of piperazine rings is 1. The van der Waals surface area contributed by atoms with E-state index in [1.807, 2.05) is 32.0 Å². The summed E-state index contributed by atoms with van der Waals surface area (Å²) in [5.74, 6) is 0.404. The number of halogens is 2. The molecule has 0 spiro atoms. The third-order valence-corrected chi connectivity index (χ3v) is 5.38. The van der Waals surface area contributed by atoms with Gasteiger partial charge >= 0.3 is 0 Å². The Balaban J connectivity index is 0.000000606. The van der Waals surface area contributed by atoms with Crippen molar-refractivity contribution >= 4 is 34.7 Å². The van der Waals surface area contributed by atoms with Gasteiger partial charge in [0, 0.05) is 25.2 Å². The van der Waals surface area contributed by atoms with E-state index in [1.54, 1.807) is 28.9 Å². The van der Waals surface area contributed by atoms with Crippen LogP contribution in [0.5, 0.6) is 0 Å². The van der Waals surface area contributed by atoms with E-state index in [9.17, 15) is 9.18 Å². The number of nitrogens with zero attached hydrogens (tertiary/aromatic N) is 4. The molecule has 2 aliphatic rings. The molecule has 4 heterocycles. The molecular weight excluding hydrogens is 407 g/mol. The predicted octanol–water partition coefficient (Wildman–Crippen LogP) is 3.80. The third kappa shape index (κ3) is 4.24. The number of hydrogen-bond donors (Lipinski definition) is 2. The molecule has 9 heteroatoms. The first-order valence-corrected chi connectivity index (χ1v) is 10.4. The van der Waals surface area contributed by atoms with Crippen LogP contribution in [0.25, 0.3) is 5.52 Å². The molecule has 2 aromatic heterocycles. The zero-order chi connectivity index (χ0) is 21.7. The van der Waals surface area contributed by atoms with Crippen LogP contribution >= 0.6 is 11.6 Å². The fourth-order valence-electron chi connectivity index (χ4n) is 3.75. The van der Waals surface area contributed by atoms with Crippen molar-refractivity contribution in [3.05, 3.63) is 53.3 Å². The number of carbonyl (C=O) groups is 1. The van der Waals surface area contributed by atoms with Crippen LogP contribution in [0, 0.1) is 0 Å². The van der Waals surface area contributed by atoms with Crippen LogP contribution in [-0.4, -0.2) is 52.9 Å². The van der Waals surface area contributed by atoms with E-state index in [0.29, 0.717) is 41.6 Å². The molecule has 2 aliphatic heterocycles. The zero-order valence-electron chi connectivity index (χ0n) is 17.3. The smallest absolute Gasteiger partial charge is 0.274 e. The lowest BCUT2D eigenvalue weighted by Gasteiger charge is -2.27. The van der Waals surface area contributed by atoms with Gasteiger partial charge in [-0.1, -0.05) is 37.6 Å². The molecule has 30 heavy (non-hydrogen) atoms. The van der Waals surface area contributed by atoms with Crippen LogP contribution in [0.4, 0.5) is 16.0 Å². The second kappa shape index (κ2) is 9.86. The van der Waals surface area contributed by atoms with Crippen LogP contribution in [0.3, 0.4) is 0 Å². The van der Waals surface area contributed by atoms with Crippen LogP contribution < -0.4 is 15.5 Å². The molecule has 7 nitrogen and oxygen atoms in total. The van der Waals surface area contributed by atoms with Crippen molar-refractivity contribution in [3.8, 4) is 0 Å². The summed E-state index contributed by atoms with van der Waals surface area (Å²) < 4.78 is 11.1. The second-order valence-electron chi connectivity index (χ2n) is 6.69. The Morgan fingerprint density at radius 1 is 1.23 bits per heavy atom. The number of fused-ring (bicyclic) bond motifs is 3. The Bertz CT molecular complexity index is 1010. The summed E-state index contributed by atoms with van der Waals surface area (Å²) in [6, 6.07) is 11.7. The molecule has 0 radical (unpaired) electrons. The largest absolute Gasteiger partial charge is 0.334 e. The highest BCUT2D eigenvalue weighted by Crippen LogP contribution is 2.27. The van der Waals surface area contributed by atoms with E-state index in [0.717, 1.165) is 25.0 Å². The topological polar surface area (TPSA) is 74.6 Å². The molecule has 1 amide bonds. The summed E-state index contributed by atoms with van der Waals surface area (Å²) in [6.07, 6.45) is 2.88. The average Bonchev–Trinajstić information content (AvgIpc) is 3.53. The normalized spacial score (nSPS) is 19.0. The van der Waals surface area contributed by atoms with E-state index in [2.05, 4.69) is 25.6 Å². The molecule has 2 fully saturated rings. The fraction of sp³-hybridized carbons (Fsp3) is 0.381. The molecule has 2 bridgehead atoms. The minimum Gasteiger partial charge on any atom is -0.334 e. The van der Waals surface area contributed by atoms with Gasteiger partial charge in [0.15, 0.2) is 0 Å². The van der Waals surface area contributed by atoms with Crippen LogP contribution in [0.15, 0.2) is 42.6 Å². The average molecular weight is 433 g/mol. The maximum Gasteiger partial charge on any atom is 0.274 e. The van der Waals surface area contributed by atoms with Gasteiger partial charge in [0.05, 0.1) is 29.6 Å². The summed E-state index contributed by atoms with van der Waals surface area (Å²) in [5.41, 5.74) is 1.80. The van der Waals surface area contributed by atoms with Crippen molar-refractivity contribution in [2.75, 3.05) is 30.5 Å². The Morgan fingerprint density at radius 3 is 2.67 bits per heavy atom. The molecule has 2 atom stereocenters. The van der Waals surface area contributed by atoms with Gasteiger partial charge in [-0.25, -0.2) is 9.50 Å². The fourth-order valence-corrected chi connectivity index (χ4v) is 3.93. The molecule has 0 aliphatic carbocycles. The molecular formula is C21H26ClFN6O. The number of rotatable bonds is 3. The quantitative estimate of drug-likeness (QED) is 0.658. The molecule has 160 valence electrons. The van der Waals surface area contributed by atoms with Crippen molar-refractivity contribution in [2.24, 2.45) is 0 Å². The molecule has 2 saturated heterocycles. The summed E-state index contributed by atoms with van der Waals surface area (Å²) in [4.78, 5) is 19.4. The first-order chi connectivity index (χ1) is 14.7. The highest BCUT2D eigenvalue weighted by Gasteiger charge is 2.39. The number of aromatic nitrogens is 3. The van der Waals surface area contributed by atoms with Crippen molar-refractivity contribution < 1.29 is 9.18 Å². The summed E-state index contributed by atoms with van der Waals surface area (Å²) in [6.45, 7) is 5.86. The molecule has 0 saturated carbocycles. The molecule has 5 rings (SSSR count). The Hall–Kier alpha value is -2.71. The van der Waals surface area contributed by atoms with E-state index in [4.69, 9.17) is 11.6 Å². The van der Waals surface area contributed by atoms with Gasteiger partial charge < -0.3 is 15.5 Å². The number of benzene rings is 1. The number of hydrogen-bond acceptors (Lipinski definition) is 5. The molecule has 3 aromatic rings. The number of carbonyl (C=O) groups excluding carboxylic acids is 1. The Morgan fingerprint density at radius 2 is 2.00 bits per heavy atom. The number of anilines is 2. The standard InChI is InChI=1S/C18H17ClN6O.C2H6.CH3F/c19-14-3-1-2-4-15(14)22-17(26)16-6-5-12-8-21-18(23-25(12)16)24-10-11-7-13(24)9-20-11;2*1-2/h1-6,8,11,13,20H,7,9-10H2,(H,22,26);1-2H3;1H3/t11-,13?;;/m1../s1. The zero-order valence-corrected chi connectivity index (χ0v) is 18.0. The SMILES string of the molecule is CC.CF.O=C(Nc1ccccc1Cl)c1ccc2cnc(N3C[C@H]4CC3CN4)nn12. The maximum atomic E-state index is 12.7. The van der Waals surface area contributed by atoms with Crippen molar-refractivity contribution in [1.82, 2.24) is 19.9 Å². The first kappa shape index (κ1) is 22.0. The Labute approximate surface area is 180 Å².